The largest absolute Gasteiger partial charge is 0.508 e. The number of hydrogen-bond acceptors (Lipinski definition) is 8. The van der Waals surface area contributed by atoms with Crippen molar-refractivity contribution in [3.8, 4) is 5.75 Å². The third-order valence-corrected chi connectivity index (χ3v) is 5.53. The summed E-state index contributed by atoms with van der Waals surface area (Å²) in [6.07, 6.45) is -1.41. The van der Waals surface area contributed by atoms with E-state index < -0.39 is 78.6 Å². The lowest BCUT2D eigenvalue weighted by molar-refractivity contribution is -0.148. The third kappa shape index (κ3) is 10.5. The minimum absolute atomic E-state index is 0.0351. The van der Waals surface area contributed by atoms with Gasteiger partial charge in [-0.25, -0.2) is 4.79 Å². The zero-order valence-electron chi connectivity index (χ0n) is 20.3. The fourth-order valence-corrected chi connectivity index (χ4v) is 3.23. The van der Waals surface area contributed by atoms with Gasteiger partial charge < -0.3 is 42.1 Å². The molecule has 0 aliphatic rings. The molecular formula is C23H32N4O10. The van der Waals surface area contributed by atoms with Gasteiger partial charge >= 0.3 is 17.9 Å². The van der Waals surface area contributed by atoms with E-state index in [1.807, 2.05) is 5.32 Å². The zero-order valence-corrected chi connectivity index (χ0v) is 20.3. The van der Waals surface area contributed by atoms with Gasteiger partial charge in [-0.15, -0.1) is 0 Å². The van der Waals surface area contributed by atoms with Gasteiger partial charge in [0, 0.05) is 0 Å². The molecular weight excluding hydrogens is 492 g/mol. The number of aliphatic carboxylic acids is 3. The van der Waals surface area contributed by atoms with Crippen LogP contribution in [0, 0.1) is 5.92 Å². The first kappa shape index (κ1) is 30.8. The first-order valence-corrected chi connectivity index (χ1v) is 11.4. The predicted octanol–water partition coefficient (Wildman–Crippen LogP) is -1.20. The molecule has 3 amide bonds. The van der Waals surface area contributed by atoms with Crippen molar-refractivity contribution in [1.29, 1.82) is 0 Å². The Balaban J connectivity index is 3.01. The summed E-state index contributed by atoms with van der Waals surface area (Å²) in [6.45, 7) is 3.37. The SMILES string of the molecule is CC[C@H](C)[C@H](NC(=O)[C@@H](N)Cc1ccc(O)cc1)C(=O)N[C@@H](CC(=O)O)C(=O)N[C@@H](CC(=O)O)C(=O)O. The second-order valence-electron chi connectivity index (χ2n) is 8.51. The molecule has 0 radical (unpaired) electrons. The van der Waals surface area contributed by atoms with E-state index in [0.717, 1.165) is 0 Å². The molecule has 1 aromatic rings. The number of nitrogens with one attached hydrogen (secondary N) is 3. The van der Waals surface area contributed by atoms with E-state index in [-0.39, 0.29) is 12.2 Å². The van der Waals surface area contributed by atoms with Crippen LogP contribution in [0.3, 0.4) is 0 Å². The summed E-state index contributed by atoms with van der Waals surface area (Å²) >= 11 is 0. The summed E-state index contributed by atoms with van der Waals surface area (Å²) in [5, 5.41) is 43.1. The minimum Gasteiger partial charge on any atom is -0.508 e. The Hall–Kier alpha value is -4.20. The number of hydrogen-bond donors (Lipinski definition) is 8. The summed E-state index contributed by atoms with van der Waals surface area (Å²) in [6, 6.07) is 0.0890. The molecule has 0 bridgehead atoms. The number of carbonyl (C=O) groups excluding carboxylic acids is 3. The van der Waals surface area contributed by atoms with Crippen LogP contribution in [-0.2, 0) is 35.2 Å². The van der Waals surface area contributed by atoms with Gasteiger partial charge in [0.25, 0.3) is 0 Å². The van der Waals surface area contributed by atoms with E-state index in [2.05, 4.69) is 10.6 Å². The third-order valence-electron chi connectivity index (χ3n) is 5.53. The van der Waals surface area contributed by atoms with Crippen LogP contribution in [0.25, 0.3) is 0 Å². The smallest absolute Gasteiger partial charge is 0.326 e. The normalized spacial score (nSPS) is 14.8. The topological polar surface area (TPSA) is 245 Å². The van der Waals surface area contributed by atoms with E-state index in [1.54, 1.807) is 26.0 Å². The standard InChI is InChI=1S/C23H32N4O10/c1-3-11(2)19(27-20(33)14(24)8-12-4-6-13(28)7-5-12)22(35)25-15(9-17(29)30)21(34)26-16(23(36)37)10-18(31)32/h4-7,11,14-16,19,28H,3,8-10,24H2,1-2H3,(H,25,35)(H,26,34)(H,27,33)(H,29,30)(H,31,32)(H,36,37)/t11-,14-,15-,16-,19-/m0/s1. The second kappa shape index (κ2) is 14.4. The Kier molecular flexibility index (Phi) is 12.0. The molecule has 1 rings (SSSR count). The van der Waals surface area contributed by atoms with E-state index in [1.165, 1.54) is 12.1 Å². The number of benzene rings is 1. The Morgan fingerprint density at radius 2 is 1.32 bits per heavy atom. The van der Waals surface area contributed by atoms with E-state index in [0.29, 0.717) is 12.0 Å². The molecule has 14 nitrogen and oxygen atoms in total. The van der Waals surface area contributed by atoms with Crippen molar-refractivity contribution in [3.63, 3.8) is 0 Å². The Morgan fingerprint density at radius 3 is 1.81 bits per heavy atom. The summed E-state index contributed by atoms with van der Waals surface area (Å²) < 4.78 is 0. The number of carbonyl (C=O) groups is 6. The van der Waals surface area contributed by atoms with E-state index >= 15 is 0 Å². The molecule has 0 aromatic heterocycles. The summed E-state index contributed by atoms with van der Waals surface area (Å²) in [7, 11) is 0. The second-order valence-corrected chi connectivity index (χ2v) is 8.51. The van der Waals surface area contributed by atoms with Crippen LogP contribution in [0.5, 0.6) is 5.75 Å². The molecule has 204 valence electrons. The van der Waals surface area contributed by atoms with Crippen LogP contribution in [0.1, 0.15) is 38.7 Å². The fourth-order valence-electron chi connectivity index (χ4n) is 3.23. The van der Waals surface area contributed by atoms with Gasteiger partial charge in [0.05, 0.1) is 18.9 Å². The number of phenols is 1. The van der Waals surface area contributed by atoms with Crippen molar-refractivity contribution in [2.75, 3.05) is 0 Å². The number of nitrogens with two attached hydrogens (primary N) is 1. The Morgan fingerprint density at radius 1 is 0.811 bits per heavy atom. The maximum absolute atomic E-state index is 13.0. The van der Waals surface area contributed by atoms with Gasteiger partial charge in [-0.05, 0) is 30.0 Å². The number of amides is 3. The van der Waals surface area contributed by atoms with Crippen molar-refractivity contribution in [2.24, 2.45) is 11.7 Å². The number of carboxylic acids is 3. The number of rotatable bonds is 15. The van der Waals surface area contributed by atoms with Crippen molar-refractivity contribution in [1.82, 2.24) is 16.0 Å². The first-order chi connectivity index (χ1) is 17.2. The van der Waals surface area contributed by atoms with Gasteiger partial charge in [-0.2, -0.15) is 0 Å². The van der Waals surface area contributed by atoms with Crippen LogP contribution in [-0.4, -0.2) is 80.2 Å². The maximum Gasteiger partial charge on any atom is 0.326 e. The highest BCUT2D eigenvalue weighted by Crippen LogP contribution is 2.13. The fraction of sp³-hybridized carbons (Fsp3) is 0.478. The van der Waals surface area contributed by atoms with E-state index in [9.17, 15) is 33.9 Å². The Labute approximate surface area is 212 Å². The molecule has 0 aliphatic heterocycles. The molecule has 0 saturated carbocycles. The number of phenolic OH excluding ortho intramolecular Hbond substituents is 1. The van der Waals surface area contributed by atoms with Crippen LogP contribution in [0.4, 0.5) is 0 Å². The molecule has 0 saturated heterocycles. The lowest BCUT2D eigenvalue weighted by Gasteiger charge is -2.27. The quantitative estimate of drug-likeness (QED) is 0.135. The molecule has 0 spiro atoms. The van der Waals surface area contributed by atoms with Gasteiger partial charge in [0.2, 0.25) is 17.7 Å². The molecule has 0 aliphatic carbocycles. The maximum atomic E-state index is 13.0. The van der Waals surface area contributed by atoms with Gasteiger partial charge in [-0.3, -0.25) is 24.0 Å². The monoisotopic (exact) mass is 524 g/mol. The highest BCUT2D eigenvalue weighted by atomic mass is 16.4. The molecule has 14 heteroatoms. The van der Waals surface area contributed by atoms with Crippen LogP contribution < -0.4 is 21.7 Å². The summed E-state index contributed by atoms with van der Waals surface area (Å²) in [4.78, 5) is 71.7. The van der Waals surface area contributed by atoms with Gasteiger partial charge in [-0.1, -0.05) is 32.4 Å². The van der Waals surface area contributed by atoms with Crippen LogP contribution >= 0.6 is 0 Å². The Bertz CT molecular complexity index is 998. The molecule has 9 N–H and O–H groups in total. The van der Waals surface area contributed by atoms with Crippen LogP contribution in [0.2, 0.25) is 0 Å². The summed E-state index contributed by atoms with van der Waals surface area (Å²) in [5.41, 5.74) is 6.61. The van der Waals surface area contributed by atoms with Crippen molar-refractivity contribution in [3.05, 3.63) is 29.8 Å². The molecule has 37 heavy (non-hydrogen) atoms. The molecule has 1 aromatic carbocycles. The predicted molar refractivity (Wildman–Crippen MR) is 127 cm³/mol. The van der Waals surface area contributed by atoms with E-state index in [4.69, 9.17) is 21.1 Å². The average molecular weight is 525 g/mol. The minimum atomic E-state index is -1.86. The molecule has 0 heterocycles. The highest BCUT2D eigenvalue weighted by molar-refractivity contribution is 5.96. The number of carboxylic acid groups (broad SMARTS) is 3. The average Bonchev–Trinajstić information content (AvgIpc) is 2.81. The lowest BCUT2D eigenvalue weighted by Crippen LogP contribution is -2.59. The van der Waals surface area contributed by atoms with Crippen molar-refractivity contribution < 1.29 is 49.2 Å². The van der Waals surface area contributed by atoms with Crippen molar-refractivity contribution in [2.45, 2.75) is 63.7 Å². The highest BCUT2D eigenvalue weighted by Gasteiger charge is 2.34. The van der Waals surface area contributed by atoms with Crippen molar-refractivity contribution >= 4 is 35.6 Å². The van der Waals surface area contributed by atoms with Gasteiger partial charge in [0.15, 0.2) is 0 Å². The molecule has 0 unspecified atom stereocenters. The first-order valence-electron chi connectivity index (χ1n) is 11.4. The van der Waals surface area contributed by atoms with Gasteiger partial charge in [0.1, 0.15) is 23.9 Å². The van der Waals surface area contributed by atoms with Crippen LogP contribution in [0.15, 0.2) is 24.3 Å². The lowest BCUT2D eigenvalue weighted by atomic mass is 9.96. The summed E-state index contributed by atoms with van der Waals surface area (Å²) in [5.74, 6) is -7.94. The molecule has 5 atom stereocenters. The molecule has 0 fully saturated rings. The zero-order chi connectivity index (χ0) is 28.3. The number of aromatic hydroxyl groups is 1.